The molecule has 1 aliphatic rings. The minimum Gasteiger partial charge on any atom is -0.398 e. The first-order valence-electron chi connectivity index (χ1n) is 5.11. The van der Waals surface area contributed by atoms with Gasteiger partial charge in [0.15, 0.2) is 0 Å². The number of anilines is 1. The zero-order chi connectivity index (χ0) is 11.5. The second kappa shape index (κ2) is 4.97. The summed E-state index contributed by atoms with van der Waals surface area (Å²) in [6, 6.07) is 5.37. The van der Waals surface area contributed by atoms with Gasteiger partial charge in [-0.25, -0.2) is 0 Å². The molecule has 0 aliphatic carbocycles. The SMILES string of the molecule is Nc1cccc(C(=O)NC2CCSC2)c1Cl. The van der Waals surface area contributed by atoms with E-state index in [1.54, 1.807) is 18.2 Å². The van der Waals surface area contributed by atoms with Crippen molar-refractivity contribution in [3.63, 3.8) is 0 Å². The number of rotatable bonds is 2. The first kappa shape index (κ1) is 11.6. The van der Waals surface area contributed by atoms with Crippen molar-refractivity contribution in [3.05, 3.63) is 28.8 Å². The Morgan fingerprint density at radius 3 is 3.06 bits per heavy atom. The van der Waals surface area contributed by atoms with Gasteiger partial charge >= 0.3 is 0 Å². The Labute approximate surface area is 104 Å². The summed E-state index contributed by atoms with van der Waals surface area (Å²) in [6.45, 7) is 0. The van der Waals surface area contributed by atoms with E-state index in [-0.39, 0.29) is 11.9 Å². The molecule has 0 radical (unpaired) electrons. The number of benzene rings is 1. The molecule has 1 atom stereocenters. The highest BCUT2D eigenvalue weighted by Gasteiger charge is 2.20. The fourth-order valence-corrected chi connectivity index (χ4v) is 3.00. The Kier molecular flexibility index (Phi) is 3.61. The van der Waals surface area contributed by atoms with Gasteiger partial charge in [0.2, 0.25) is 0 Å². The summed E-state index contributed by atoms with van der Waals surface area (Å²) < 4.78 is 0. The molecule has 0 saturated carbocycles. The third kappa shape index (κ3) is 2.44. The van der Waals surface area contributed by atoms with Crippen LogP contribution in [0.25, 0.3) is 0 Å². The average molecular weight is 257 g/mol. The zero-order valence-electron chi connectivity index (χ0n) is 8.70. The molecule has 1 amide bonds. The van der Waals surface area contributed by atoms with Crippen molar-refractivity contribution in [1.82, 2.24) is 5.32 Å². The van der Waals surface area contributed by atoms with Crippen LogP contribution in [-0.2, 0) is 0 Å². The summed E-state index contributed by atoms with van der Waals surface area (Å²) in [5, 5.41) is 3.30. The van der Waals surface area contributed by atoms with Crippen LogP contribution < -0.4 is 11.1 Å². The lowest BCUT2D eigenvalue weighted by atomic mass is 10.1. The van der Waals surface area contributed by atoms with Gasteiger partial charge in [-0.1, -0.05) is 17.7 Å². The molecule has 1 aromatic rings. The van der Waals surface area contributed by atoms with Gasteiger partial charge in [-0.2, -0.15) is 11.8 Å². The summed E-state index contributed by atoms with van der Waals surface area (Å²) in [4.78, 5) is 11.9. The van der Waals surface area contributed by atoms with E-state index in [1.165, 1.54) is 0 Å². The predicted molar refractivity (Wildman–Crippen MR) is 69.1 cm³/mol. The number of thioether (sulfide) groups is 1. The molecule has 16 heavy (non-hydrogen) atoms. The fraction of sp³-hybridized carbons (Fsp3) is 0.364. The molecule has 0 bridgehead atoms. The van der Waals surface area contributed by atoms with Gasteiger partial charge in [0.25, 0.3) is 5.91 Å². The van der Waals surface area contributed by atoms with Crippen molar-refractivity contribution in [2.75, 3.05) is 17.2 Å². The maximum atomic E-state index is 11.9. The van der Waals surface area contributed by atoms with Gasteiger partial charge in [0.05, 0.1) is 16.3 Å². The molecule has 1 aromatic carbocycles. The topological polar surface area (TPSA) is 55.1 Å². The smallest absolute Gasteiger partial charge is 0.253 e. The van der Waals surface area contributed by atoms with E-state index in [1.807, 2.05) is 11.8 Å². The molecule has 1 aliphatic heterocycles. The lowest BCUT2D eigenvalue weighted by Gasteiger charge is -2.12. The first-order valence-corrected chi connectivity index (χ1v) is 6.64. The van der Waals surface area contributed by atoms with E-state index in [9.17, 15) is 4.79 Å². The van der Waals surface area contributed by atoms with E-state index >= 15 is 0 Å². The zero-order valence-corrected chi connectivity index (χ0v) is 10.3. The van der Waals surface area contributed by atoms with Crippen molar-refractivity contribution in [1.29, 1.82) is 0 Å². The number of nitrogen functional groups attached to an aromatic ring is 1. The highest BCUT2D eigenvalue weighted by atomic mass is 35.5. The second-order valence-electron chi connectivity index (χ2n) is 3.74. The quantitative estimate of drug-likeness (QED) is 0.798. The van der Waals surface area contributed by atoms with Gasteiger partial charge in [-0.3, -0.25) is 4.79 Å². The summed E-state index contributed by atoms with van der Waals surface area (Å²) in [5.41, 5.74) is 6.55. The van der Waals surface area contributed by atoms with Crippen LogP contribution in [0.5, 0.6) is 0 Å². The van der Waals surface area contributed by atoms with Crippen LogP contribution in [-0.4, -0.2) is 23.5 Å². The summed E-state index contributed by atoms with van der Waals surface area (Å²) in [5.74, 6) is 1.95. The molecule has 5 heteroatoms. The molecule has 3 N–H and O–H groups in total. The highest BCUT2D eigenvalue weighted by molar-refractivity contribution is 7.99. The van der Waals surface area contributed by atoms with Gasteiger partial charge in [0, 0.05) is 11.8 Å². The van der Waals surface area contributed by atoms with Crippen LogP contribution in [0.2, 0.25) is 5.02 Å². The Balaban J connectivity index is 2.11. The van der Waals surface area contributed by atoms with Crippen LogP contribution in [0.15, 0.2) is 18.2 Å². The van der Waals surface area contributed by atoms with Crippen molar-refractivity contribution >= 4 is 35.0 Å². The van der Waals surface area contributed by atoms with Crippen molar-refractivity contribution in [3.8, 4) is 0 Å². The number of halogens is 1. The Hall–Kier alpha value is -0.870. The Morgan fingerprint density at radius 2 is 2.38 bits per heavy atom. The standard InChI is InChI=1S/C11H13ClN2OS/c12-10-8(2-1-3-9(10)13)11(15)14-7-4-5-16-6-7/h1-3,7H,4-6,13H2,(H,14,15). The van der Waals surface area contributed by atoms with E-state index in [0.717, 1.165) is 17.9 Å². The van der Waals surface area contributed by atoms with Crippen LogP contribution in [0.4, 0.5) is 5.69 Å². The fourth-order valence-electron chi connectivity index (χ4n) is 1.64. The molecule has 0 aromatic heterocycles. The first-order chi connectivity index (χ1) is 7.68. The number of nitrogens with one attached hydrogen (secondary N) is 1. The van der Waals surface area contributed by atoms with Gasteiger partial charge < -0.3 is 11.1 Å². The van der Waals surface area contributed by atoms with Crippen LogP contribution >= 0.6 is 23.4 Å². The molecule has 2 rings (SSSR count). The molecule has 0 spiro atoms. The maximum absolute atomic E-state index is 11.9. The summed E-state index contributed by atoms with van der Waals surface area (Å²) in [6.07, 6.45) is 1.02. The number of hydrogen-bond acceptors (Lipinski definition) is 3. The Morgan fingerprint density at radius 1 is 1.56 bits per heavy atom. The number of carbonyl (C=O) groups excluding carboxylic acids is 1. The normalized spacial score (nSPS) is 19.7. The van der Waals surface area contributed by atoms with E-state index in [4.69, 9.17) is 17.3 Å². The van der Waals surface area contributed by atoms with E-state index in [2.05, 4.69) is 5.32 Å². The number of hydrogen-bond donors (Lipinski definition) is 2. The largest absolute Gasteiger partial charge is 0.398 e. The van der Waals surface area contributed by atoms with Crippen LogP contribution in [0, 0.1) is 0 Å². The van der Waals surface area contributed by atoms with Gasteiger partial charge in [-0.05, 0) is 24.3 Å². The predicted octanol–water partition coefficient (Wildman–Crippen LogP) is 2.16. The molecule has 3 nitrogen and oxygen atoms in total. The van der Waals surface area contributed by atoms with E-state index in [0.29, 0.717) is 16.3 Å². The van der Waals surface area contributed by atoms with Crippen molar-refractivity contribution < 1.29 is 4.79 Å². The molecule has 1 unspecified atom stereocenters. The molecular weight excluding hydrogens is 244 g/mol. The third-order valence-corrected chi connectivity index (χ3v) is 4.12. The second-order valence-corrected chi connectivity index (χ2v) is 5.27. The molecule has 1 fully saturated rings. The third-order valence-electron chi connectivity index (χ3n) is 2.54. The Bertz CT molecular complexity index is 405. The van der Waals surface area contributed by atoms with Crippen molar-refractivity contribution in [2.45, 2.75) is 12.5 Å². The maximum Gasteiger partial charge on any atom is 0.253 e. The molecule has 1 heterocycles. The number of nitrogens with two attached hydrogens (primary N) is 1. The van der Waals surface area contributed by atoms with Crippen LogP contribution in [0.3, 0.4) is 0 Å². The summed E-state index contributed by atoms with van der Waals surface area (Å²) >= 11 is 7.84. The summed E-state index contributed by atoms with van der Waals surface area (Å²) in [7, 11) is 0. The molecule has 1 saturated heterocycles. The van der Waals surface area contributed by atoms with Gasteiger partial charge in [-0.15, -0.1) is 0 Å². The lowest BCUT2D eigenvalue weighted by molar-refractivity contribution is 0.0941. The minimum atomic E-state index is -0.134. The van der Waals surface area contributed by atoms with Gasteiger partial charge in [0.1, 0.15) is 0 Å². The van der Waals surface area contributed by atoms with E-state index < -0.39 is 0 Å². The lowest BCUT2D eigenvalue weighted by Crippen LogP contribution is -2.34. The van der Waals surface area contributed by atoms with Crippen LogP contribution in [0.1, 0.15) is 16.8 Å². The average Bonchev–Trinajstić information content (AvgIpc) is 2.74. The molecular formula is C11H13ClN2OS. The number of amides is 1. The number of carbonyl (C=O) groups is 1. The highest BCUT2D eigenvalue weighted by Crippen LogP contribution is 2.24. The monoisotopic (exact) mass is 256 g/mol. The van der Waals surface area contributed by atoms with Crippen molar-refractivity contribution in [2.24, 2.45) is 0 Å². The molecule has 86 valence electrons. The minimum absolute atomic E-state index is 0.134.